The third kappa shape index (κ3) is 4.69. The third-order valence-corrected chi connectivity index (χ3v) is 4.07. The SMILES string of the molecule is COc1cc(N2CCN(C(=O)OC(C)(C)C)CC2)c(Cl)cc1C(=O)O. The van der Waals surface area contributed by atoms with Crippen LogP contribution in [0, 0.1) is 0 Å². The van der Waals surface area contributed by atoms with Gasteiger partial charge in [-0.3, -0.25) is 0 Å². The largest absolute Gasteiger partial charge is 0.496 e. The average Bonchev–Trinajstić information content (AvgIpc) is 2.53. The van der Waals surface area contributed by atoms with Crippen LogP contribution in [0.2, 0.25) is 5.02 Å². The van der Waals surface area contributed by atoms with Crippen LogP contribution in [-0.2, 0) is 4.74 Å². The molecule has 1 aromatic rings. The molecule has 2 rings (SSSR count). The molecular weight excluding hydrogens is 348 g/mol. The van der Waals surface area contributed by atoms with Gasteiger partial charge in [0.25, 0.3) is 0 Å². The van der Waals surface area contributed by atoms with Crippen LogP contribution in [0.3, 0.4) is 0 Å². The number of amides is 1. The van der Waals surface area contributed by atoms with E-state index >= 15 is 0 Å². The molecule has 1 heterocycles. The summed E-state index contributed by atoms with van der Waals surface area (Å²) in [7, 11) is 1.42. The molecule has 1 aliphatic heterocycles. The van der Waals surface area contributed by atoms with E-state index in [0.717, 1.165) is 0 Å². The molecular formula is C17H23ClN2O5. The molecule has 1 saturated heterocycles. The molecule has 0 saturated carbocycles. The molecule has 0 aromatic heterocycles. The van der Waals surface area contributed by atoms with Crippen molar-refractivity contribution in [3.05, 3.63) is 22.7 Å². The molecule has 0 aliphatic carbocycles. The van der Waals surface area contributed by atoms with Gasteiger partial charge in [-0.25, -0.2) is 9.59 Å². The normalized spacial score (nSPS) is 15.1. The van der Waals surface area contributed by atoms with Gasteiger partial charge >= 0.3 is 12.1 Å². The fourth-order valence-electron chi connectivity index (χ4n) is 2.58. The minimum atomic E-state index is -1.10. The zero-order chi connectivity index (χ0) is 18.8. The minimum absolute atomic E-state index is 0.0173. The maximum absolute atomic E-state index is 12.1. The van der Waals surface area contributed by atoms with E-state index in [1.165, 1.54) is 13.2 Å². The number of carbonyl (C=O) groups is 2. The first-order valence-electron chi connectivity index (χ1n) is 7.96. The van der Waals surface area contributed by atoms with Gasteiger partial charge in [-0.2, -0.15) is 0 Å². The van der Waals surface area contributed by atoms with Crippen molar-refractivity contribution in [3.63, 3.8) is 0 Å². The number of halogens is 1. The Labute approximate surface area is 152 Å². The molecule has 0 spiro atoms. The summed E-state index contributed by atoms with van der Waals surface area (Å²) < 4.78 is 10.5. The van der Waals surface area contributed by atoms with Gasteiger partial charge in [-0.05, 0) is 26.8 Å². The average molecular weight is 371 g/mol. The van der Waals surface area contributed by atoms with E-state index in [0.29, 0.717) is 36.9 Å². The Morgan fingerprint density at radius 3 is 2.24 bits per heavy atom. The number of carbonyl (C=O) groups excluding carboxylic acids is 1. The van der Waals surface area contributed by atoms with Gasteiger partial charge < -0.3 is 24.4 Å². The number of aromatic carboxylic acids is 1. The smallest absolute Gasteiger partial charge is 0.410 e. The lowest BCUT2D eigenvalue weighted by Crippen LogP contribution is -2.50. The number of hydrogen-bond donors (Lipinski definition) is 1. The standard InChI is InChI=1S/C17H23ClN2O5/c1-17(2,3)25-16(23)20-7-5-19(6-8-20)13-10-14(24-4)11(15(21)22)9-12(13)18/h9-10H,5-8H2,1-4H3,(H,21,22). The summed E-state index contributed by atoms with van der Waals surface area (Å²) in [6.07, 6.45) is -0.336. The molecule has 0 radical (unpaired) electrons. The van der Waals surface area contributed by atoms with Crippen molar-refractivity contribution in [3.8, 4) is 5.75 Å². The molecule has 0 atom stereocenters. The lowest BCUT2D eigenvalue weighted by molar-refractivity contribution is 0.0240. The van der Waals surface area contributed by atoms with Crippen molar-refractivity contribution in [2.45, 2.75) is 26.4 Å². The van der Waals surface area contributed by atoms with E-state index in [9.17, 15) is 14.7 Å². The highest BCUT2D eigenvalue weighted by Gasteiger charge is 2.27. The maximum atomic E-state index is 12.1. The Morgan fingerprint density at radius 1 is 1.16 bits per heavy atom. The fourth-order valence-corrected chi connectivity index (χ4v) is 2.86. The number of hydrogen-bond acceptors (Lipinski definition) is 5. The fraction of sp³-hybridized carbons (Fsp3) is 0.529. The Morgan fingerprint density at radius 2 is 1.76 bits per heavy atom. The van der Waals surface area contributed by atoms with Crippen molar-refractivity contribution in [2.75, 3.05) is 38.2 Å². The van der Waals surface area contributed by atoms with E-state index in [2.05, 4.69) is 0 Å². The summed E-state index contributed by atoms with van der Waals surface area (Å²) in [5.41, 5.74) is 0.174. The first-order chi connectivity index (χ1) is 11.6. The Kier molecular flexibility index (Phi) is 5.67. The molecule has 138 valence electrons. The molecule has 8 heteroatoms. The second-order valence-corrected chi connectivity index (χ2v) is 7.17. The van der Waals surface area contributed by atoms with Crippen molar-refractivity contribution in [2.24, 2.45) is 0 Å². The Bertz CT molecular complexity index is 664. The molecule has 25 heavy (non-hydrogen) atoms. The first kappa shape index (κ1) is 19.2. The lowest BCUT2D eigenvalue weighted by atomic mass is 10.1. The van der Waals surface area contributed by atoms with Crippen LogP contribution in [0.4, 0.5) is 10.5 Å². The summed E-state index contributed by atoms with van der Waals surface area (Å²) in [5, 5.41) is 9.54. The monoisotopic (exact) mass is 370 g/mol. The maximum Gasteiger partial charge on any atom is 0.410 e. The van der Waals surface area contributed by atoms with Gasteiger partial charge in [-0.1, -0.05) is 11.6 Å². The number of ether oxygens (including phenoxy) is 2. The highest BCUT2D eigenvalue weighted by molar-refractivity contribution is 6.33. The zero-order valence-electron chi connectivity index (χ0n) is 14.8. The van der Waals surface area contributed by atoms with Gasteiger partial charge in [0.15, 0.2) is 0 Å². The molecule has 0 unspecified atom stereocenters. The molecule has 1 aliphatic rings. The number of carboxylic acids is 1. The lowest BCUT2D eigenvalue weighted by Gasteiger charge is -2.37. The summed E-state index contributed by atoms with van der Waals surface area (Å²) in [6.45, 7) is 7.61. The van der Waals surface area contributed by atoms with Crippen molar-refractivity contribution >= 4 is 29.4 Å². The first-order valence-corrected chi connectivity index (χ1v) is 8.34. The molecule has 1 amide bonds. The van der Waals surface area contributed by atoms with E-state index in [1.807, 2.05) is 25.7 Å². The quantitative estimate of drug-likeness (QED) is 0.880. The van der Waals surface area contributed by atoms with E-state index in [-0.39, 0.29) is 17.4 Å². The van der Waals surface area contributed by atoms with Gasteiger partial charge in [0, 0.05) is 32.2 Å². The summed E-state index contributed by atoms with van der Waals surface area (Å²) in [5.74, 6) is -0.846. The van der Waals surface area contributed by atoms with E-state index in [1.54, 1.807) is 11.0 Å². The molecule has 1 aromatic carbocycles. The van der Waals surface area contributed by atoms with Crippen LogP contribution < -0.4 is 9.64 Å². The highest BCUT2D eigenvalue weighted by atomic mass is 35.5. The third-order valence-electron chi connectivity index (χ3n) is 3.77. The van der Waals surface area contributed by atoms with Crippen molar-refractivity contribution in [1.82, 2.24) is 4.90 Å². The van der Waals surface area contributed by atoms with Crippen molar-refractivity contribution < 1.29 is 24.2 Å². The van der Waals surface area contributed by atoms with Gasteiger partial charge in [-0.15, -0.1) is 0 Å². The number of rotatable bonds is 3. The van der Waals surface area contributed by atoms with Crippen molar-refractivity contribution in [1.29, 1.82) is 0 Å². The predicted octanol–water partition coefficient (Wildman–Crippen LogP) is 3.10. The molecule has 7 nitrogen and oxygen atoms in total. The number of nitrogens with zero attached hydrogens (tertiary/aromatic N) is 2. The van der Waals surface area contributed by atoms with E-state index in [4.69, 9.17) is 21.1 Å². The summed E-state index contributed by atoms with van der Waals surface area (Å²) in [6, 6.07) is 3.01. The van der Waals surface area contributed by atoms with Gasteiger partial charge in [0.2, 0.25) is 0 Å². The van der Waals surface area contributed by atoms with Crippen LogP contribution in [-0.4, -0.2) is 61.0 Å². The van der Waals surface area contributed by atoms with Gasteiger partial charge in [0.05, 0.1) is 17.8 Å². The number of methoxy groups -OCH3 is 1. The van der Waals surface area contributed by atoms with Crippen LogP contribution in [0.15, 0.2) is 12.1 Å². The van der Waals surface area contributed by atoms with Gasteiger partial charge in [0.1, 0.15) is 16.9 Å². The highest BCUT2D eigenvalue weighted by Crippen LogP contribution is 2.34. The summed E-state index contributed by atoms with van der Waals surface area (Å²) >= 11 is 6.26. The molecule has 1 N–H and O–H groups in total. The van der Waals surface area contributed by atoms with E-state index < -0.39 is 11.6 Å². The number of carboxylic acid groups (broad SMARTS) is 1. The topological polar surface area (TPSA) is 79.3 Å². The minimum Gasteiger partial charge on any atom is -0.496 e. The zero-order valence-corrected chi connectivity index (χ0v) is 15.6. The predicted molar refractivity (Wildman–Crippen MR) is 95.0 cm³/mol. The number of piperazine rings is 1. The second-order valence-electron chi connectivity index (χ2n) is 6.76. The second kappa shape index (κ2) is 7.39. The van der Waals surface area contributed by atoms with Crippen LogP contribution >= 0.6 is 11.6 Å². The van der Waals surface area contributed by atoms with Crippen LogP contribution in [0.25, 0.3) is 0 Å². The Hall–Kier alpha value is -2.15. The number of anilines is 1. The number of benzene rings is 1. The van der Waals surface area contributed by atoms with Crippen LogP contribution in [0.1, 0.15) is 31.1 Å². The van der Waals surface area contributed by atoms with Crippen LogP contribution in [0.5, 0.6) is 5.75 Å². The molecule has 0 bridgehead atoms. The Balaban J connectivity index is 2.10. The summed E-state index contributed by atoms with van der Waals surface area (Å²) in [4.78, 5) is 27.0. The molecule has 1 fully saturated rings.